The zero-order valence-corrected chi connectivity index (χ0v) is 17.7. The van der Waals surface area contributed by atoms with Gasteiger partial charge in [-0.25, -0.2) is 13.5 Å². The third-order valence-electron chi connectivity index (χ3n) is 5.39. The Hall–Kier alpha value is -3.13. The van der Waals surface area contributed by atoms with Gasteiger partial charge in [0.2, 0.25) is 0 Å². The summed E-state index contributed by atoms with van der Waals surface area (Å²) in [5.41, 5.74) is 3.90. The van der Waals surface area contributed by atoms with Gasteiger partial charge >= 0.3 is 0 Å². The number of methoxy groups -OCH3 is 1. The van der Waals surface area contributed by atoms with Gasteiger partial charge in [-0.2, -0.15) is 5.10 Å². The first kappa shape index (κ1) is 20.2. The fourth-order valence-electron chi connectivity index (χ4n) is 3.80. The number of aromatic amines is 1. The zero-order chi connectivity index (χ0) is 21.3. The van der Waals surface area contributed by atoms with E-state index in [1.54, 1.807) is 50.4 Å². The quantitative estimate of drug-likeness (QED) is 0.652. The summed E-state index contributed by atoms with van der Waals surface area (Å²) in [5.74, 6) is 0.644. The van der Waals surface area contributed by atoms with E-state index >= 15 is 0 Å². The van der Waals surface area contributed by atoms with Crippen LogP contribution in [-0.2, 0) is 22.9 Å². The molecule has 0 spiro atoms. The van der Waals surface area contributed by atoms with E-state index in [1.165, 1.54) is 0 Å². The molecule has 7 nitrogen and oxygen atoms in total. The summed E-state index contributed by atoms with van der Waals surface area (Å²) in [6.07, 6.45) is 3.44. The van der Waals surface area contributed by atoms with Crippen LogP contribution in [0, 0.1) is 6.92 Å². The van der Waals surface area contributed by atoms with E-state index < -0.39 is 10.0 Å². The van der Waals surface area contributed by atoms with Crippen molar-refractivity contribution < 1.29 is 13.2 Å². The molecular weight excluding hydrogens is 402 g/mol. The minimum atomic E-state index is -3.81. The van der Waals surface area contributed by atoms with E-state index in [1.807, 2.05) is 6.07 Å². The maximum absolute atomic E-state index is 13.1. The van der Waals surface area contributed by atoms with Gasteiger partial charge in [0.25, 0.3) is 15.6 Å². The summed E-state index contributed by atoms with van der Waals surface area (Å²) in [5, 5.41) is 6.82. The van der Waals surface area contributed by atoms with Gasteiger partial charge < -0.3 is 4.74 Å². The summed E-state index contributed by atoms with van der Waals surface area (Å²) in [6, 6.07) is 11.9. The first-order chi connectivity index (χ1) is 14.4. The molecule has 0 saturated carbocycles. The molecule has 0 radical (unpaired) electrons. The molecule has 8 heteroatoms. The number of hydrogen-bond acceptors (Lipinski definition) is 5. The van der Waals surface area contributed by atoms with Crippen LogP contribution in [0.1, 0.15) is 29.5 Å². The number of sulfonamides is 1. The molecular formula is C22H23N3O4S. The van der Waals surface area contributed by atoms with Gasteiger partial charge in [0.15, 0.2) is 0 Å². The van der Waals surface area contributed by atoms with Crippen LogP contribution in [0.15, 0.2) is 52.2 Å². The van der Waals surface area contributed by atoms with Gasteiger partial charge in [-0.3, -0.25) is 9.52 Å². The number of aromatic nitrogens is 2. The molecule has 0 fully saturated rings. The summed E-state index contributed by atoms with van der Waals surface area (Å²) >= 11 is 0. The summed E-state index contributed by atoms with van der Waals surface area (Å²) < 4.78 is 33.9. The molecule has 1 aliphatic rings. The smallest absolute Gasteiger partial charge is 0.267 e. The standard InChI is InChI=1S/C22H23N3O4S/c1-14-7-8-15(21-18-5-3-4-6-19(18)22(26)24-23-21)13-20(14)30(27,28)25-16-9-11-17(29-2)12-10-16/h7-13,25H,3-6H2,1-2H3,(H,24,26). The Morgan fingerprint density at radius 1 is 1.03 bits per heavy atom. The molecule has 1 aromatic heterocycles. The van der Waals surface area contributed by atoms with Crippen LogP contribution in [0.4, 0.5) is 5.69 Å². The molecule has 4 rings (SSSR count). The van der Waals surface area contributed by atoms with Gasteiger partial charge in [-0.1, -0.05) is 12.1 Å². The average molecular weight is 426 g/mol. The largest absolute Gasteiger partial charge is 0.497 e. The van der Waals surface area contributed by atoms with Gasteiger partial charge in [-0.05, 0) is 74.1 Å². The van der Waals surface area contributed by atoms with E-state index in [-0.39, 0.29) is 10.5 Å². The SMILES string of the molecule is COc1ccc(NS(=O)(=O)c2cc(-c3n[nH]c(=O)c4c3CCCC4)ccc2C)cc1. The molecule has 0 aliphatic heterocycles. The normalized spacial score (nSPS) is 13.5. The van der Waals surface area contributed by atoms with Crippen LogP contribution >= 0.6 is 0 Å². The van der Waals surface area contributed by atoms with Crippen LogP contribution in [0.25, 0.3) is 11.3 Å². The number of anilines is 1. The lowest BCUT2D eigenvalue weighted by molar-refractivity contribution is 0.415. The minimum absolute atomic E-state index is 0.158. The third kappa shape index (κ3) is 3.82. The number of ether oxygens (including phenoxy) is 1. The molecule has 2 aromatic carbocycles. The van der Waals surface area contributed by atoms with Crippen LogP contribution in [0.2, 0.25) is 0 Å². The van der Waals surface area contributed by atoms with E-state index in [9.17, 15) is 13.2 Å². The van der Waals surface area contributed by atoms with Crippen LogP contribution in [0.5, 0.6) is 5.75 Å². The minimum Gasteiger partial charge on any atom is -0.497 e. The van der Waals surface area contributed by atoms with Crippen molar-refractivity contribution in [3.63, 3.8) is 0 Å². The number of hydrogen-bond donors (Lipinski definition) is 2. The Labute approximate surface area is 175 Å². The molecule has 0 saturated heterocycles. The highest BCUT2D eigenvalue weighted by molar-refractivity contribution is 7.92. The van der Waals surface area contributed by atoms with Crippen molar-refractivity contribution in [3.8, 4) is 17.0 Å². The van der Waals surface area contributed by atoms with Crippen molar-refractivity contribution >= 4 is 15.7 Å². The fourth-order valence-corrected chi connectivity index (χ4v) is 5.13. The van der Waals surface area contributed by atoms with E-state index in [2.05, 4.69) is 14.9 Å². The second-order valence-electron chi connectivity index (χ2n) is 7.38. The molecule has 0 atom stereocenters. The molecule has 0 bridgehead atoms. The predicted molar refractivity (Wildman–Crippen MR) is 115 cm³/mol. The third-order valence-corrected chi connectivity index (χ3v) is 6.91. The van der Waals surface area contributed by atoms with Gasteiger partial charge in [-0.15, -0.1) is 0 Å². The first-order valence-corrected chi connectivity index (χ1v) is 11.3. The summed E-state index contributed by atoms with van der Waals surface area (Å²) in [7, 11) is -2.26. The maximum atomic E-state index is 13.1. The van der Waals surface area contributed by atoms with E-state index in [0.717, 1.165) is 36.8 Å². The van der Waals surface area contributed by atoms with Crippen molar-refractivity contribution in [2.24, 2.45) is 0 Å². The van der Waals surface area contributed by atoms with E-state index in [0.29, 0.717) is 28.3 Å². The summed E-state index contributed by atoms with van der Waals surface area (Å²) in [6.45, 7) is 1.75. The Bertz CT molecular complexity index is 1250. The Morgan fingerprint density at radius 2 is 1.73 bits per heavy atom. The first-order valence-electron chi connectivity index (χ1n) is 9.77. The van der Waals surface area contributed by atoms with Crippen molar-refractivity contribution in [3.05, 3.63) is 69.5 Å². The molecule has 0 amide bonds. The van der Waals surface area contributed by atoms with Crippen LogP contribution in [0.3, 0.4) is 0 Å². The van der Waals surface area contributed by atoms with Crippen molar-refractivity contribution in [1.82, 2.24) is 10.2 Å². The van der Waals surface area contributed by atoms with Crippen molar-refractivity contribution in [1.29, 1.82) is 0 Å². The van der Waals surface area contributed by atoms with Crippen LogP contribution in [-0.4, -0.2) is 25.7 Å². The molecule has 1 heterocycles. The number of H-pyrrole nitrogens is 1. The average Bonchev–Trinajstić information content (AvgIpc) is 2.75. The number of benzene rings is 2. The molecule has 30 heavy (non-hydrogen) atoms. The maximum Gasteiger partial charge on any atom is 0.267 e. The Balaban J connectivity index is 1.74. The lowest BCUT2D eigenvalue weighted by atomic mass is 9.90. The lowest BCUT2D eigenvalue weighted by Crippen LogP contribution is -2.21. The molecule has 156 valence electrons. The monoisotopic (exact) mass is 425 g/mol. The molecule has 2 N–H and O–H groups in total. The highest BCUT2D eigenvalue weighted by atomic mass is 32.2. The molecule has 3 aromatic rings. The zero-order valence-electron chi connectivity index (χ0n) is 16.9. The highest BCUT2D eigenvalue weighted by Gasteiger charge is 2.22. The topological polar surface area (TPSA) is 101 Å². The number of fused-ring (bicyclic) bond motifs is 1. The second kappa shape index (κ2) is 7.95. The predicted octanol–water partition coefficient (Wildman–Crippen LogP) is 3.43. The van der Waals surface area contributed by atoms with Crippen molar-refractivity contribution in [2.75, 3.05) is 11.8 Å². The number of rotatable bonds is 5. The Kier molecular flexibility index (Phi) is 5.34. The van der Waals surface area contributed by atoms with Crippen LogP contribution < -0.4 is 15.0 Å². The summed E-state index contributed by atoms with van der Waals surface area (Å²) in [4.78, 5) is 12.3. The number of nitrogens with one attached hydrogen (secondary N) is 2. The Morgan fingerprint density at radius 3 is 2.43 bits per heavy atom. The van der Waals surface area contributed by atoms with Gasteiger partial charge in [0.05, 0.1) is 17.7 Å². The second-order valence-corrected chi connectivity index (χ2v) is 9.03. The van der Waals surface area contributed by atoms with E-state index in [4.69, 9.17) is 4.74 Å². The van der Waals surface area contributed by atoms with Gasteiger partial charge in [0.1, 0.15) is 5.75 Å². The van der Waals surface area contributed by atoms with Crippen molar-refractivity contribution in [2.45, 2.75) is 37.5 Å². The number of nitrogens with zero attached hydrogens (tertiary/aromatic N) is 1. The fraction of sp³-hybridized carbons (Fsp3) is 0.273. The molecule has 1 aliphatic carbocycles. The highest BCUT2D eigenvalue weighted by Crippen LogP contribution is 2.31. The molecule has 0 unspecified atom stereocenters. The lowest BCUT2D eigenvalue weighted by Gasteiger charge is -2.18. The number of aryl methyl sites for hydroxylation is 1. The van der Waals surface area contributed by atoms with Gasteiger partial charge in [0, 0.05) is 16.8 Å².